The van der Waals surface area contributed by atoms with Gasteiger partial charge in [0.1, 0.15) is 0 Å². The first-order valence-electron chi connectivity index (χ1n) is 20.1. The maximum Gasteiger partial charge on any atom is 0.0713 e. The Kier molecular flexibility index (Phi) is 7.71. The standard InChI is InChI=1S/C58H40/c1-3-39-25-35-47(37-40(39)4-2)57(53-21-11-7-17-49(53)50-18-8-12-22-54(50)57)45-31-26-42(27-32-45)43-28-33-46(34-29-43)58(48-36-30-41-15-5-6-16-44(41)38-48)55-23-13-9-19-51(55)52-20-10-14-24-56(52)58/h3-38H,1-2H2. The van der Waals surface area contributed by atoms with Crippen LogP contribution in [0.5, 0.6) is 0 Å². The van der Waals surface area contributed by atoms with Crippen molar-refractivity contribution in [1.82, 2.24) is 0 Å². The van der Waals surface area contributed by atoms with E-state index >= 15 is 0 Å². The number of rotatable bonds is 7. The third-order valence-corrected chi connectivity index (χ3v) is 13.0. The maximum absolute atomic E-state index is 4.18. The Morgan fingerprint density at radius 2 is 0.655 bits per heavy atom. The normalized spacial score (nSPS) is 13.9. The summed E-state index contributed by atoms with van der Waals surface area (Å²) in [4.78, 5) is 0. The molecule has 0 saturated heterocycles. The van der Waals surface area contributed by atoms with Crippen molar-refractivity contribution in [2.45, 2.75) is 10.8 Å². The number of fused-ring (bicyclic) bond motifs is 7. The Balaban J connectivity index is 1.06. The Morgan fingerprint density at radius 3 is 1.10 bits per heavy atom. The van der Waals surface area contributed by atoms with Gasteiger partial charge in [-0.2, -0.15) is 0 Å². The summed E-state index contributed by atoms with van der Waals surface area (Å²) in [6.45, 7) is 8.26. The van der Waals surface area contributed by atoms with E-state index in [4.69, 9.17) is 0 Å². The summed E-state index contributed by atoms with van der Waals surface area (Å²) < 4.78 is 0. The van der Waals surface area contributed by atoms with Gasteiger partial charge in [-0.05, 0) is 112 Å². The molecule has 0 amide bonds. The lowest BCUT2D eigenvalue weighted by atomic mass is 9.67. The molecule has 2 aliphatic carbocycles. The quantitative estimate of drug-likeness (QED) is 0.153. The zero-order chi connectivity index (χ0) is 38.8. The SMILES string of the molecule is C=Cc1ccc(C2(c3ccc(-c4ccc(C5(c6ccc7ccccc7c6)c6ccccc6-c6ccccc65)cc4)cc3)c3ccccc3-c3ccccc32)cc1C=C. The highest BCUT2D eigenvalue weighted by Crippen LogP contribution is 2.58. The first-order valence-corrected chi connectivity index (χ1v) is 20.1. The number of hydrogen-bond acceptors (Lipinski definition) is 0. The molecule has 9 aromatic carbocycles. The molecule has 0 radical (unpaired) electrons. The van der Waals surface area contributed by atoms with Gasteiger partial charge in [-0.1, -0.05) is 219 Å². The monoisotopic (exact) mass is 736 g/mol. The number of hydrogen-bond donors (Lipinski definition) is 0. The van der Waals surface area contributed by atoms with E-state index in [0.717, 1.165) is 11.1 Å². The van der Waals surface area contributed by atoms with Crippen LogP contribution in [0.25, 0.3) is 56.3 Å². The fourth-order valence-corrected chi connectivity index (χ4v) is 10.5. The van der Waals surface area contributed by atoms with Gasteiger partial charge in [0.2, 0.25) is 0 Å². The molecule has 0 fully saturated rings. The van der Waals surface area contributed by atoms with Crippen molar-refractivity contribution in [2.75, 3.05) is 0 Å². The van der Waals surface area contributed by atoms with E-state index in [1.807, 2.05) is 12.2 Å². The summed E-state index contributed by atoms with van der Waals surface area (Å²) in [7, 11) is 0. The molecule has 0 heteroatoms. The van der Waals surface area contributed by atoms with Crippen molar-refractivity contribution < 1.29 is 0 Å². The van der Waals surface area contributed by atoms with Gasteiger partial charge in [0.15, 0.2) is 0 Å². The Labute approximate surface area is 340 Å². The summed E-state index contributed by atoms with van der Waals surface area (Å²) in [6.07, 6.45) is 3.86. The van der Waals surface area contributed by atoms with Crippen LogP contribution in [0.2, 0.25) is 0 Å². The molecule has 0 heterocycles. The van der Waals surface area contributed by atoms with Crippen LogP contribution in [0.4, 0.5) is 0 Å². The van der Waals surface area contributed by atoms with Crippen molar-refractivity contribution >= 4 is 22.9 Å². The predicted molar refractivity (Wildman–Crippen MR) is 244 cm³/mol. The average molecular weight is 737 g/mol. The molecule has 272 valence electrons. The fraction of sp³-hybridized carbons (Fsp3) is 0.0345. The van der Waals surface area contributed by atoms with Crippen molar-refractivity contribution in [3.63, 3.8) is 0 Å². The minimum absolute atomic E-state index is 0.458. The van der Waals surface area contributed by atoms with Gasteiger partial charge in [0.05, 0.1) is 10.8 Å². The zero-order valence-corrected chi connectivity index (χ0v) is 32.2. The van der Waals surface area contributed by atoms with Crippen LogP contribution in [-0.4, -0.2) is 0 Å². The van der Waals surface area contributed by atoms with E-state index in [1.165, 1.54) is 88.7 Å². The van der Waals surface area contributed by atoms with E-state index in [1.54, 1.807) is 0 Å². The lowest BCUT2D eigenvalue weighted by molar-refractivity contribution is 0.768. The van der Waals surface area contributed by atoms with E-state index in [2.05, 4.69) is 219 Å². The molecule has 0 aromatic heterocycles. The van der Waals surface area contributed by atoms with Gasteiger partial charge >= 0.3 is 0 Å². The average Bonchev–Trinajstić information content (AvgIpc) is 3.77. The van der Waals surface area contributed by atoms with Crippen molar-refractivity contribution in [2.24, 2.45) is 0 Å². The second-order valence-corrected chi connectivity index (χ2v) is 15.7. The Bertz CT molecular complexity index is 2990. The predicted octanol–water partition coefficient (Wildman–Crippen LogP) is 14.5. The smallest absolute Gasteiger partial charge is 0.0713 e. The van der Waals surface area contributed by atoms with Gasteiger partial charge in [0, 0.05) is 0 Å². The molecule has 0 nitrogen and oxygen atoms in total. The first-order chi connectivity index (χ1) is 28.7. The Morgan fingerprint density at radius 1 is 0.293 bits per heavy atom. The minimum atomic E-state index is -0.497. The van der Waals surface area contributed by atoms with Crippen LogP contribution in [0.1, 0.15) is 55.6 Å². The van der Waals surface area contributed by atoms with E-state index in [9.17, 15) is 0 Å². The summed E-state index contributed by atoms with van der Waals surface area (Å²) in [5, 5.41) is 2.50. The molecule has 0 atom stereocenters. The molecular weight excluding hydrogens is 697 g/mol. The maximum atomic E-state index is 4.18. The lowest BCUT2D eigenvalue weighted by Gasteiger charge is -2.34. The second-order valence-electron chi connectivity index (χ2n) is 15.7. The van der Waals surface area contributed by atoms with Gasteiger partial charge in [0.25, 0.3) is 0 Å². The first kappa shape index (κ1) is 34.0. The van der Waals surface area contributed by atoms with E-state index in [0.29, 0.717) is 0 Å². The highest BCUT2D eigenvalue weighted by atomic mass is 14.5. The van der Waals surface area contributed by atoms with Crippen LogP contribution in [-0.2, 0) is 10.8 Å². The highest BCUT2D eigenvalue weighted by molar-refractivity contribution is 5.90. The fourth-order valence-electron chi connectivity index (χ4n) is 10.5. The summed E-state index contributed by atoms with van der Waals surface area (Å²) in [6, 6.07) is 76.9. The van der Waals surface area contributed by atoms with E-state index in [-0.39, 0.29) is 0 Å². The van der Waals surface area contributed by atoms with Crippen molar-refractivity contribution in [1.29, 1.82) is 0 Å². The van der Waals surface area contributed by atoms with Crippen LogP contribution in [0, 0.1) is 0 Å². The summed E-state index contributed by atoms with van der Waals surface area (Å²) >= 11 is 0. The molecule has 0 bridgehead atoms. The van der Waals surface area contributed by atoms with Crippen molar-refractivity contribution in [3.8, 4) is 33.4 Å². The van der Waals surface area contributed by atoms with E-state index < -0.39 is 10.8 Å². The van der Waals surface area contributed by atoms with Crippen LogP contribution >= 0.6 is 0 Å². The van der Waals surface area contributed by atoms with Crippen LogP contribution < -0.4 is 0 Å². The molecule has 0 unspecified atom stereocenters. The molecule has 11 rings (SSSR count). The molecule has 2 aliphatic rings. The van der Waals surface area contributed by atoms with Crippen LogP contribution in [0.3, 0.4) is 0 Å². The molecule has 0 saturated carbocycles. The number of benzene rings is 9. The third kappa shape index (κ3) is 4.70. The Hall–Kier alpha value is -7.28. The molecular formula is C58H40. The largest absolute Gasteiger partial charge is 0.0984 e. The molecule has 58 heavy (non-hydrogen) atoms. The van der Waals surface area contributed by atoms with Crippen molar-refractivity contribution in [3.05, 3.63) is 275 Å². The summed E-state index contributed by atoms with van der Waals surface area (Å²) in [5.74, 6) is 0. The van der Waals surface area contributed by atoms with Crippen LogP contribution in [0.15, 0.2) is 219 Å². The van der Waals surface area contributed by atoms with Gasteiger partial charge in [-0.15, -0.1) is 0 Å². The molecule has 9 aromatic rings. The second kappa shape index (κ2) is 13.2. The lowest BCUT2D eigenvalue weighted by Crippen LogP contribution is -2.28. The third-order valence-electron chi connectivity index (χ3n) is 13.0. The highest BCUT2D eigenvalue weighted by Gasteiger charge is 2.47. The molecule has 0 aliphatic heterocycles. The molecule has 0 spiro atoms. The summed E-state index contributed by atoms with van der Waals surface area (Å²) in [5.41, 5.74) is 19.0. The van der Waals surface area contributed by atoms with Gasteiger partial charge in [-0.3, -0.25) is 0 Å². The minimum Gasteiger partial charge on any atom is -0.0984 e. The van der Waals surface area contributed by atoms with Gasteiger partial charge < -0.3 is 0 Å². The zero-order valence-electron chi connectivity index (χ0n) is 32.2. The topological polar surface area (TPSA) is 0 Å². The molecule has 0 N–H and O–H groups in total. The van der Waals surface area contributed by atoms with Gasteiger partial charge in [-0.25, -0.2) is 0 Å².